The van der Waals surface area contributed by atoms with Crippen molar-refractivity contribution in [2.24, 2.45) is 5.84 Å². The molecule has 0 aromatic heterocycles. The second-order valence-electron chi connectivity index (χ2n) is 4.01. The van der Waals surface area contributed by atoms with Crippen LogP contribution in [0.15, 0.2) is 11.6 Å². The average Bonchev–Trinajstić information content (AvgIpc) is 2.01. The van der Waals surface area contributed by atoms with Crippen molar-refractivity contribution in [2.45, 2.75) is 44.8 Å². The van der Waals surface area contributed by atoms with Gasteiger partial charge in [0, 0.05) is 7.11 Å². The van der Waals surface area contributed by atoms with Crippen molar-refractivity contribution in [1.82, 2.24) is 5.43 Å². The Kier molecular flexibility index (Phi) is 3.47. The fourth-order valence-corrected chi connectivity index (χ4v) is 1.85. The van der Waals surface area contributed by atoms with Crippen LogP contribution in [0.2, 0.25) is 0 Å². The van der Waals surface area contributed by atoms with E-state index in [9.17, 15) is 0 Å². The molecule has 0 amide bonds. The quantitative estimate of drug-likeness (QED) is 0.394. The van der Waals surface area contributed by atoms with Crippen LogP contribution in [0.3, 0.4) is 0 Å². The summed E-state index contributed by atoms with van der Waals surface area (Å²) < 4.78 is 5.54. The van der Waals surface area contributed by atoms with Crippen molar-refractivity contribution < 1.29 is 4.74 Å². The Morgan fingerprint density at radius 1 is 1.54 bits per heavy atom. The van der Waals surface area contributed by atoms with Crippen LogP contribution in [-0.4, -0.2) is 18.8 Å². The Balaban J connectivity index is 2.69. The van der Waals surface area contributed by atoms with Gasteiger partial charge in [0.2, 0.25) is 0 Å². The molecule has 1 atom stereocenters. The Morgan fingerprint density at radius 2 is 2.15 bits per heavy atom. The molecule has 3 nitrogen and oxygen atoms in total. The van der Waals surface area contributed by atoms with E-state index in [2.05, 4.69) is 25.3 Å². The lowest BCUT2D eigenvalue weighted by Gasteiger charge is -2.45. The van der Waals surface area contributed by atoms with Gasteiger partial charge in [-0.15, -0.1) is 0 Å². The Hall–Kier alpha value is -0.380. The molecule has 76 valence electrons. The first-order chi connectivity index (χ1) is 6.14. The summed E-state index contributed by atoms with van der Waals surface area (Å²) in [5, 5.41) is 0. The fourth-order valence-electron chi connectivity index (χ4n) is 1.85. The largest absolute Gasteiger partial charge is 0.376 e. The van der Waals surface area contributed by atoms with Crippen molar-refractivity contribution in [3.63, 3.8) is 0 Å². The van der Waals surface area contributed by atoms with E-state index in [1.807, 2.05) is 0 Å². The van der Waals surface area contributed by atoms with Gasteiger partial charge in [-0.3, -0.25) is 11.3 Å². The minimum absolute atomic E-state index is 0.0496. The van der Waals surface area contributed by atoms with E-state index in [1.54, 1.807) is 7.11 Å². The molecule has 1 saturated carbocycles. The van der Waals surface area contributed by atoms with E-state index >= 15 is 0 Å². The van der Waals surface area contributed by atoms with Gasteiger partial charge in [-0.25, -0.2) is 0 Å². The molecule has 1 unspecified atom stereocenters. The van der Waals surface area contributed by atoms with Gasteiger partial charge in [-0.2, -0.15) is 0 Å². The normalized spacial score (nSPS) is 21.8. The minimum atomic E-state index is -0.0496. The predicted octanol–water partition coefficient (Wildman–Crippen LogP) is 1.35. The maximum Gasteiger partial charge on any atom is 0.0879 e. The molecule has 0 bridgehead atoms. The molecule has 13 heavy (non-hydrogen) atoms. The molecular weight excluding hydrogens is 164 g/mol. The van der Waals surface area contributed by atoms with Crippen LogP contribution >= 0.6 is 0 Å². The van der Waals surface area contributed by atoms with Gasteiger partial charge >= 0.3 is 0 Å². The lowest BCUT2D eigenvalue weighted by molar-refractivity contribution is -0.0875. The minimum Gasteiger partial charge on any atom is -0.376 e. The summed E-state index contributed by atoms with van der Waals surface area (Å²) in [4.78, 5) is 0. The first-order valence-corrected chi connectivity index (χ1v) is 4.81. The maximum absolute atomic E-state index is 5.54. The summed E-state index contributed by atoms with van der Waals surface area (Å²) in [6.45, 7) is 4.15. The zero-order chi connectivity index (χ0) is 9.90. The lowest BCUT2D eigenvalue weighted by atomic mass is 9.74. The Bertz CT molecular complexity index is 188. The molecule has 1 rings (SSSR count). The monoisotopic (exact) mass is 184 g/mol. The number of nitrogens with one attached hydrogen (secondary N) is 1. The van der Waals surface area contributed by atoms with E-state index in [4.69, 9.17) is 10.6 Å². The van der Waals surface area contributed by atoms with Gasteiger partial charge in [0.05, 0.1) is 11.6 Å². The van der Waals surface area contributed by atoms with Crippen LogP contribution in [0.25, 0.3) is 0 Å². The molecular formula is C10H20N2O. The van der Waals surface area contributed by atoms with Crippen molar-refractivity contribution in [3.05, 3.63) is 11.6 Å². The van der Waals surface area contributed by atoms with Crippen molar-refractivity contribution in [1.29, 1.82) is 0 Å². The van der Waals surface area contributed by atoms with Gasteiger partial charge < -0.3 is 4.74 Å². The number of allylic oxidation sites excluding steroid dienone is 1. The molecule has 1 aliphatic carbocycles. The van der Waals surface area contributed by atoms with Crippen molar-refractivity contribution in [2.75, 3.05) is 7.11 Å². The van der Waals surface area contributed by atoms with E-state index in [1.165, 1.54) is 12.0 Å². The average molecular weight is 184 g/mol. The fraction of sp³-hybridized carbons (Fsp3) is 0.800. The number of hydrogen-bond acceptors (Lipinski definition) is 3. The molecule has 1 aliphatic rings. The zero-order valence-corrected chi connectivity index (χ0v) is 8.76. The first kappa shape index (κ1) is 10.7. The molecule has 3 heteroatoms. The van der Waals surface area contributed by atoms with E-state index in [0.717, 1.165) is 12.8 Å². The highest BCUT2D eigenvalue weighted by Gasteiger charge is 2.42. The number of ether oxygens (including phenoxy) is 1. The third-order valence-corrected chi connectivity index (χ3v) is 2.85. The lowest BCUT2D eigenvalue weighted by Crippen LogP contribution is -2.57. The summed E-state index contributed by atoms with van der Waals surface area (Å²) in [5.41, 5.74) is 4.05. The zero-order valence-electron chi connectivity index (χ0n) is 8.76. The van der Waals surface area contributed by atoms with E-state index in [0.29, 0.717) is 0 Å². The van der Waals surface area contributed by atoms with Crippen LogP contribution in [0, 0.1) is 0 Å². The summed E-state index contributed by atoms with van der Waals surface area (Å²) in [7, 11) is 1.77. The summed E-state index contributed by atoms with van der Waals surface area (Å²) >= 11 is 0. The molecule has 0 aromatic rings. The van der Waals surface area contributed by atoms with Crippen LogP contribution in [0.5, 0.6) is 0 Å². The standard InChI is InChI=1S/C10H20N2O/c1-8(2)7-9(12-11)10(13-3)5-4-6-10/h7,9,12H,4-6,11H2,1-3H3. The number of nitrogens with two attached hydrogens (primary N) is 1. The summed E-state index contributed by atoms with van der Waals surface area (Å²) in [5.74, 6) is 5.52. The second-order valence-corrected chi connectivity index (χ2v) is 4.01. The van der Waals surface area contributed by atoms with Gasteiger partial charge in [0.25, 0.3) is 0 Å². The molecule has 0 aliphatic heterocycles. The van der Waals surface area contributed by atoms with Gasteiger partial charge in [0.1, 0.15) is 0 Å². The molecule has 0 aromatic carbocycles. The number of rotatable bonds is 4. The highest BCUT2D eigenvalue weighted by Crippen LogP contribution is 2.38. The Morgan fingerprint density at radius 3 is 2.38 bits per heavy atom. The Labute approximate surface area is 80.3 Å². The molecule has 0 heterocycles. The summed E-state index contributed by atoms with van der Waals surface area (Å²) in [6.07, 6.45) is 5.58. The predicted molar refractivity (Wildman–Crippen MR) is 54.1 cm³/mol. The van der Waals surface area contributed by atoms with Crippen molar-refractivity contribution in [3.8, 4) is 0 Å². The number of hydrazine groups is 1. The maximum atomic E-state index is 5.54. The second kappa shape index (κ2) is 4.22. The number of methoxy groups -OCH3 is 1. The molecule has 0 saturated heterocycles. The first-order valence-electron chi connectivity index (χ1n) is 4.81. The van der Waals surface area contributed by atoms with Gasteiger partial charge in [-0.05, 0) is 33.1 Å². The van der Waals surface area contributed by atoms with E-state index in [-0.39, 0.29) is 11.6 Å². The van der Waals surface area contributed by atoms with Crippen LogP contribution < -0.4 is 11.3 Å². The summed E-state index contributed by atoms with van der Waals surface area (Å²) in [6, 6.07) is 0.149. The van der Waals surface area contributed by atoms with Gasteiger partial charge in [0.15, 0.2) is 0 Å². The van der Waals surface area contributed by atoms with Crippen LogP contribution in [-0.2, 0) is 4.74 Å². The molecule has 3 N–H and O–H groups in total. The van der Waals surface area contributed by atoms with Crippen LogP contribution in [0.1, 0.15) is 33.1 Å². The molecule has 1 fully saturated rings. The van der Waals surface area contributed by atoms with Gasteiger partial charge in [-0.1, -0.05) is 11.6 Å². The molecule has 0 spiro atoms. The van der Waals surface area contributed by atoms with Crippen LogP contribution in [0.4, 0.5) is 0 Å². The third kappa shape index (κ3) is 2.10. The number of hydrogen-bond donors (Lipinski definition) is 2. The van der Waals surface area contributed by atoms with E-state index < -0.39 is 0 Å². The highest BCUT2D eigenvalue weighted by atomic mass is 16.5. The molecule has 0 radical (unpaired) electrons. The highest BCUT2D eigenvalue weighted by molar-refractivity contribution is 5.12. The van der Waals surface area contributed by atoms with Crippen molar-refractivity contribution >= 4 is 0 Å². The smallest absolute Gasteiger partial charge is 0.0879 e. The topological polar surface area (TPSA) is 47.3 Å². The third-order valence-electron chi connectivity index (χ3n) is 2.85. The SMILES string of the molecule is COC1(C(C=C(C)C)NN)CCC1.